The highest BCUT2D eigenvalue weighted by atomic mass is 28.4. The van der Waals surface area contributed by atoms with Gasteiger partial charge in [0.1, 0.15) is 11.6 Å². The molecule has 1 fully saturated rings. The van der Waals surface area contributed by atoms with E-state index in [9.17, 15) is 4.39 Å². The van der Waals surface area contributed by atoms with E-state index in [0.29, 0.717) is 6.61 Å². The number of halogens is 1. The number of anilines is 1. The van der Waals surface area contributed by atoms with Gasteiger partial charge in [0.25, 0.3) is 8.32 Å². The zero-order valence-electron chi connectivity index (χ0n) is 24.4. The molecule has 1 aliphatic carbocycles. The zero-order chi connectivity index (χ0) is 28.5. The quantitative estimate of drug-likeness (QED) is 0.238. The Kier molecular flexibility index (Phi) is 7.68. The van der Waals surface area contributed by atoms with Crippen LogP contribution in [0.2, 0.25) is 5.04 Å². The number of benzene rings is 3. The summed E-state index contributed by atoms with van der Waals surface area (Å²) in [5, 5.41) is 6.12. The van der Waals surface area contributed by atoms with Gasteiger partial charge in [-0.1, -0.05) is 93.6 Å². The molecule has 5 rings (SSSR count). The Hall–Kier alpha value is -3.35. The van der Waals surface area contributed by atoms with E-state index in [1.807, 2.05) is 26.1 Å². The molecule has 40 heavy (non-hydrogen) atoms. The molecule has 1 aromatic heterocycles. The van der Waals surface area contributed by atoms with Crippen LogP contribution in [0.4, 0.5) is 10.1 Å². The van der Waals surface area contributed by atoms with Crippen LogP contribution in [0.25, 0.3) is 0 Å². The van der Waals surface area contributed by atoms with Gasteiger partial charge in [0.2, 0.25) is 0 Å². The van der Waals surface area contributed by atoms with Crippen molar-refractivity contribution >= 4 is 24.4 Å². The summed E-state index contributed by atoms with van der Waals surface area (Å²) in [4.78, 5) is 8.96. The van der Waals surface area contributed by atoms with Gasteiger partial charge in [0.15, 0.2) is 0 Å². The van der Waals surface area contributed by atoms with Crippen molar-refractivity contribution in [2.75, 3.05) is 11.9 Å². The first-order valence-corrected chi connectivity index (χ1v) is 16.1. The number of hydrogen-bond acceptors (Lipinski definition) is 4. The summed E-state index contributed by atoms with van der Waals surface area (Å²) in [6.45, 7) is 13.6. The number of nitrogens with one attached hydrogen (secondary N) is 1. The van der Waals surface area contributed by atoms with Crippen LogP contribution in [0.15, 0.2) is 91.1 Å². The van der Waals surface area contributed by atoms with Crippen molar-refractivity contribution < 1.29 is 8.82 Å². The normalized spacial score (nSPS) is 19.7. The molecular weight excluding hydrogens is 513 g/mol. The molecule has 1 N–H and O–H groups in total. The minimum atomic E-state index is -2.69. The average Bonchev–Trinajstić information content (AvgIpc) is 3.67. The summed E-state index contributed by atoms with van der Waals surface area (Å²) in [5.41, 5.74) is 2.56. The molecule has 1 unspecified atom stereocenters. The number of rotatable bonds is 9. The van der Waals surface area contributed by atoms with Crippen molar-refractivity contribution in [2.45, 2.75) is 64.5 Å². The first-order chi connectivity index (χ1) is 19.1. The summed E-state index contributed by atoms with van der Waals surface area (Å²) in [6, 6.07) is 28.6. The van der Waals surface area contributed by atoms with Crippen LogP contribution in [0.3, 0.4) is 0 Å². The number of nitrogens with zero attached hydrogens (tertiary/aromatic N) is 2. The van der Waals surface area contributed by atoms with Gasteiger partial charge in [-0.25, -0.2) is 14.4 Å². The molecule has 1 aliphatic rings. The molecule has 0 aliphatic heterocycles. The Balaban J connectivity index is 1.51. The lowest BCUT2D eigenvalue weighted by molar-refractivity contribution is 0.265. The molecule has 3 atom stereocenters. The van der Waals surface area contributed by atoms with Crippen LogP contribution < -0.4 is 15.7 Å². The molecule has 0 bridgehead atoms. The maximum atomic E-state index is 14.6. The Bertz CT molecular complexity index is 1420. The second-order valence-electron chi connectivity index (χ2n) is 12.2. The van der Waals surface area contributed by atoms with Crippen molar-refractivity contribution in [3.05, 3.63) is 114 Å². The van der Waals surface area contributed by atoms with Crippen LogP contribution in [0.1, 0.15) is 51.2 Å². The summed E-state index contributed by atoms with van der Waals surface area (Å²) in [5.74, 6) is 0.765. The van der Waals surface area contributed by atoms with E-state index in [-0.39, 0.29) is 28.2 Å². The molecule has 0 radical (unpaired) electrons. The molecule has 1 saturated carbocycles. The van der Waals surface area contributed by atoms with Gasteiger partial charge in [-0.3, -0.25) is 0 Å². The standard InChI is InChI=1S/C34H40FN3OSi/c1-24-32(22-36-26(3)37-24)38-25(2)34(27-14-13-15-29(35)20-27)21-28(34)23-39-40(33(4,5)6,30-16-9-7-10-17-30)31-18-11-8-12-19-31/h7-20,22,25,28,38H,21,23H2,1-6H3/t25?,28-,34+/m0/s1. The van der Waals surface area contributed by atoms with Crippen LogP contribution in [-0.4, -0.2) is 30.9 Å². The molecule has 0 amide bonds. The molecule has 4 aromatic rings. The molecule has 0 saturated heterocycles. The fourth-order valence-electron chi connectivity index (χ4n) is 6.54. The molecule has 0 spiro atoms. The Labute approximate surface area is 239 Å². The summed E-state index contributed by atoms with van der Waals surface area (Å²) >= 11 is 0. The summed E-state index contributed by atoms with van der Waals surface area (Å²) in [6.07, 6.45) is 2.76. The highest BCUT2D eigenvalue weighted by Gasteiger charge is 2.60. The third kappa shape index (κ3) is 5.11. The third-order valence-corrected chi connectivity index (χ3v) is 13.7. The topological polar surface area (TPSA) is 47.0 Å². The van der Waals surface area contributed by atoms with E-state index in [4.69, 9.17) is 4.43 Å². The lowest BCUT2D eigenvalue weighted by Gasteiger charge is -2.43. The van der Waals surface area contributed by atoms with Crippen molar-refractivity contribution in [1.82, 2.24) is 9.97 Å². The smallest absolute Gasteiger partial charge is 0.261 e. The minimum absolute atomic E-state index is 0.0204. The lowest BCUT2D eigenvalue weighted by Crippen LogP contribution is -2.66. The Morgan fingerprint density at radius 1 is 0.975 bits per heavy atom. The lowest BCUT2D eigenvalue weighted by atomic mass is 9.86. The first kappa shape index (κ1) is 28.2. The SMILES string of the molecule is Cc1ncc(NC(C)[C@@]2(c3cccc(F)c3)C[C@H]2CO[Si](c2ccccc2)(c2ccccc2)C(C)(C)C)c(C)n1. The third-order valence-electron chi connectivity index (χ3n) is 8.68. The molecule has 6 heteroatoms. The second kappa shape index (κ2) is 10.9. The van der Waals surface area contributed by atoms with Crippen molar-refractivity contribution in [3.8, 4) is 0 Å². The van der Waals surface area contributed by atoms with Crippen LogP contribution in [0.5, 0.6) is 0 Å². The average molecular weight is 554 g/mol. The van der Waals surface area contributed by atoms with Gasteiger partial charge in [0.05, 0.1) is 17.6 Å². The van der Waals surface area contributed by atoms with E-state index >= 15 is 0 Å². The van der Waals surface area contributed by atoms with Gasteiger partial charge in [-0.2, -0.15) is 0 Å². The predicted octanol–water partition coefficient (Wildman–Crippen LogP) is 6.57. The molecular formula is C34H40FN3OSi. The summed E-state index contributed by atoms with van der Waals surface area (Å²) < 4.78 is 21.9. The fraction of sp³-hybridized carbons (Fsp3) is 0.353. The highest BCUT2D eigenvalue weighted by Crippen LogP contribution is 2.58. The molecule has 208 valence electrons. The number of aryl methyl sites for hydroxylation is 2. The maximum Gasteiger partial charge on any atom is 0.261 e. The second-order valence-corrected chi connectivity index (χ2v) is 16.5. The summed E-state index contributed by atoms with van der Waals surface area (Å²) in [7, 11) is -2.69. The van der Waals surface area contributed by atoms with Crippen LogP contribution >= 0.6 is 0 Å². The van der Waals surface area contributed by atoms with E-state index in [2.05, 4.69) is 110 Å². The number of aromatic nitrogens is 2. The van der Waals surface area contributed by atoms with E-state index < -0.39 is 8.32 Å². The van der Waals surface area contributed by atoms with Crippen molar-refractivity contribution in [1.29, 1.82) is 0 Å². The van der Waals surface area contributed by atoms with Gasteiger partial charge in [-0.05, 0) is 66.2 Å². The van der Waals surface area contributed by atoms with Gasteiger partial charge >= 0.3 is 0 Å². The van der Waals surface area contributed by atoms with E-state index in [1.165, 1.54) is 16.4 Å². The van der Waals surface area contributed by atoms with E-state index in [1.54, 1.807) is 6.07 Å². The van der Waals surface area contributed by atoms with Crippen molar-refractivity contribution in [2.24, 2.45) is 5.92 Å². The Morgan fingerprint density at radius 3 is 2.15 bits per heavy atom. The van der Waals surface area contributed by atoms with Crippen molar-refractivity contribution in [3.63, 3.8) is 0 Å². The Morgan fingerprint density at radius 2 is 1.60 bits per heavy atom. The molecule has 3 aromatic carbocycles. The minimum Gasteiger partial charge on any atom is -0.407 e. The zero-order valence-corrected chi connectivity index (χ0v) is 25.4. The monoisotopic (exact) mass is 553 g/mol. The first-order valence-electron chi connectivity index (χ1n) is 14.2. The molecule has 4 nitrogen and oxygen atoms in total. The maximum absolute atomic E-state index is 14.6. The van der Waals surface area contributed by atoms with Gasteiger partial charge in [-0.15, -0.1) is 0 Å². The van der Waals surface area contributed by atoms with Gasteiger partial charge < -0.3 is 9.74 Å². The van der Waals surface area contributed by atoms with Crippen LogP contribution in [-0.2, 0) is 9.84 Å². The van der Waals surface area contributed by atoms with Crippen LogP contribution in [0, 0.1) is 25.6 Å². The largest absolute Gasteiger partial charge is 0.407 e. The van der Waals surface area contributed by atoms with E-state index in [0.717, 1.165) is 29.2 Å². The number of hydrogen-bond donors (Lipinski definition) is 1. The fourth-order valence-corrected chi connectivity index (χ4v) is 11.1. The highest BCUT2D eigenvalue weighted by molar-refractivity contribution is 6.99. The molecule has 1 heterocycles. The predicted molar refractivity (Wildman–Crippen MR) is 164 cm³/mol. The van der Waals surface area contributed by atoms with Gasteiger partial charge in [0, 0.05) is 18.1 Å².